The molecule has 18 heavy (non-hydrogen) atoms. The molecular formula is C15H22ClNS. The van der Waals surface area contributed by atoms with Crippen molar-refractivity contribution in [2.45, 2.75) is 43.4 Å². The third-order valence-corrected chi connectivity index (χ3v) is 5.56. The van der Waals surface area contributed by atoms with Gasteiger partial charge in [0.2, 0.25) is 0 Å². The Morgan fingerprint density at radius 2 is 2.22 bits per heavy atom. The van der Waals surface area contributed by atoms with Crippen LogP contribution < -0.4 is 5.32 Å². The molecule has 3 heteroatoms. The lowest BCUT2D eigenvalue weighted by Gasteiger charge is -2.41. The molecule has 1 aromatic carbocycles. The van der Waals surface area contributed by atoms with Crippen molar-refractivity contribution in [2.24, 2.45) is 0 Å². The van der Waals surface area contributed by atoms with Crippen molar-refractivity contribution in [3.8, 4) is 0 Å². The molecule has 0 bridgehead atoms. The van der Waals surface area contributed by atoms with E-state index in [1.165, 1.54) is 24.8 Å². The highest BCUT2D eigenvalue weighted by molar-refractivity contribution is 8.00. The molecule has 2 rings (SSSR count). The van der Waals surface area contributed by atoms with Crippen LogP contribution in [0.4, 0.5) is 0 Å². The Kier molecular flexibility index (Phi) is 4.99. The van der Waals surface area contributed by atoms with Crippen LogP contribution in [0, 0.1) is 0 Å². The second kappa shape index (κ2) is 6.31. The quantitative estimate of drug-likeness (QED) is 0.842. The van der Waals surface area contributed by atoms with Gasteiger partial charge in [-0.25, -0.2) is 0 Å². The highest BCUT2D eigenvalue weighted by atomic mass is 35.5. The second-order valence-corrected chi connectivity index (χ2v) is 7.07. The summed E-state index contributed by atoms with van der Waals surface area (Å²) in [5, 5.41) is 4.51. The maximum Gasteiger partial charge on any atom is 0.0408 e. The maximum atomic E-state index is 6.01. The maximum absolute atomic E-state index is 6.01. The van der Waals surface area contributed by atoms with Gasteiger partial charge >= 0.3 is 0 Å². The number of halogens is 1. The van der Waals surface area contributed by atoms with Gasteiger partial charge in [0.25, 0.3) is 0 Å². The average Bonchev–Trinajstić information content (AvgIpc) is 2.28. The fourth-order valence-electron chi connectivity index (χ4n) is 2.47. The number of rotatable bonds is 6. The SMILES string of the molecule is CSC1(CNC(C)Cc2cccc(Cl)c2)CCC1. The molecule has 0 saturated heterocycles. The van der Waals surface area contributed by atoms with Gasteiger partial charge in [0.15, 0.2) is 0 Å². The molecule has 1 aliphatic carbocycles. The van der Waals surface area contributed by atoms with Crippen LogP contribution in [-0.4, -0.2) is 23.6 Å². The molecule has 1 fully saturated rings. The first kappa shape index (κ1) is 14.2. The van der Waals surface area contributed by atoms with E-state index < -0.39 is 0 Å². The number of thioether (sulfide) groups is 1. The third-order valence-electron chi connectivity index (χ3n) is 3.90. The lowest BCUT2D eigenvalue weighted by Crippen LogP contribution is -2.46. The van der Waals surface area contributed by atoms with E-state index in [1.54, 1.807) is 0 Å². The molecule has 0 aromatic heterocycles. The molecule has 0 spiro atoms. The molecule has 1 N–H and O–H groups in total. The molecule has 1 atom stereocenters. The van der Waals surface area contributed by atoms with Crippen LogP contribution in [0.5, 0.6) is 0 Å². The Hall–Kier alpha value is -0.180. The van der Waals surface area contributed by atoms with E-state index in [1.807, 2.05) is 23.9 Å². The zero-order valence-corrected chi connectivity index (χ0v) is 12.8. The first-order valence-electron chi connectivity index (χ1n) is 6.66. The van der Waals surface area contributed by atoms with E-state index in [9.17, 15) is 0 Å². The zero-order valence-electron chi connectivity index (χ0n) is 11.2. The van der Waals surface area contributed by atoms with E-state index in [2.05, 4.69) is 30.6 Å². The van der Waals surface area contributed by atoms with E-state index in [4.69, 9.17) is 11.6 Å². The van der Waals surface area contributed by atoms with Gasteiger partial charge in [-0.05, 0) is 50.1 Å². The molecule has 1 aliphatic rings. The van der Waals surface area contributed by atoms with Crippen molar-refractivity contribution in [1.82, 2.24) is 5.32 Å². The lowest BCUT2D eigenvalue weighted by molar-refractivity contribution is 0.332. The van der Waals surface area contributed by atoms with E-state index >= 15 is 0 Å². The van der Waals surface area contributed by atoms with Crippen molar-refractivity contribution >= 4 is 23.4 Å². The standard InChI is InChI=1S/C15H22ClNS/c1-12(9-13-5-3-6-14(16)10-13)17-11-15(18-2)7-4-8-15/h3,5-6,10,12,17H,4,7-9,11H2,1-2H3. The molecule has 1 unspecified atom stereocenters. The Morgan fingerprint density at radius 1 is 1.44 bits per heavy atom. The average molecular weight is 284 g/mol. The third kappa shape index (κ3) is 3.66. The Balaban J connectivity index is 1.80. The summed E-state index contributed by atoms with van der Waals surface area (Å²) in [5.74, 6) is 0. The Labute approximate surface area is 120 Å². The minimum atomic E-state index is 0.507. The van der Waals surface area contributed by atoms with Gasteiger partial charge in [0.1, 0.15) is 0 Å². The van der Waals surface area contributed by atoms with Gasteiger partial charge in [0, 0.05) is 22.4 Å². The van der Waals surface area contributed by atoms with Crippen molar-refractivity contribution in [3.63, 3.8) is 0 Å². The highest BCUT2D eigenvalue weighted by Crippen LogP contribution is 2.42. The molecule has 0 amide bonds. The van der Waals surface area contributed by atoms with Crippen LogP contribution in [0.3, 0.4) is 0 Å². The molecule has 1 nitrogen and oxygen atoms in total. The van der Waals surface area contributed by atoms with Crippen molar-refractivity contribution in [1.29, 1.82) is 0 Å². The number of hydrogen-bond donors (Lipinski definition) is 1. The Bertz CT molecular complexity index is 384. The zero-order chi connectivity index (χ0) is 13.0. The highest BCUT2D eigenvalue weighted by Gasteiger charge is 2.35. The summed E-state index contributed by atoms with van der Waals surface area (Å²) in [5.41, 5.74) is 1.31. The summed E-state index contributed by atoms with van der Waals surface area (Å²) in [6, 6.07) is 8.68. The molecule has 100 valence electrons. The first-order valence-corrected chi connectivity index (χ1v) is 8.27. The van der Waals surface area contributed by atoms with Crippen LogP contribution >= 0.6 is 23.4 Å². The van der Waals surface area contributed by atoms with Gasteiger partial charge in [-0.15, -0.1) is 0 Å². The monoisotopic (exact) mass is 283 g/mol. The molecule has 0 aliphatic heterocycles. The molecular weight excluding hydrogens is 262 g/mol. The molecule has 1 aromatic rings. The van der Waals surface area contributed by atoms with Crippen LogP contribution in [0.1, 0.15) is 31.7 Å². The lowest BCUT2D eigenvalue weighted by atomic mass is 9.84. The normalized spacial score (nSPS) is 19.3. The van der Waals surface area contributed by atoms with Gasteiger partial charge in [-0.1, -0.05) is 30.2 Å². The van der Waals surface area contributed by atoms with E-state index in [-0.39, 0.29) is 0 Å². The van der Waals surface area contributed by atoms with Crippen LogP contribution in [-0.2, 0) is 6.42 Å². The summed E-state index contributed by atoms with van der Waals surface area (Å²) in [6.45, 7) is 3.39. The fraction of sp³-hybridized carbons (Fsp3) is 0.600. The smallest absolute Gasteiger partial charge is 0.0408 e. The van der Waals surface area contributed by atoms with Crippen molar-refractivity contribution in [3.05, 3.63) is 34.9 Å². The minimum Gasteiger partial charge on any atom is -0.313 e. The predicted octanol–water partition coefficient (Wildman–Crippen LogP) is 4.15. The van der Waals surface area contributed by atoms with Gasteiger partial charge in [0.05, 0.1) is 0 Å². The summed E-state index contributed by atoms with van der Waals surface area (Å²) in [7, 11) is 0. The fourth-order valence-corrected chi connectivity index (χ4v) is 3.61. The number of nitrogens with one attached hydrogen (secondary N) is 1. The summed E-state index contributed by atoms with van der Waals surface area (Å²) in [4.78, 5) is 0. The number of hydrogen-bond acceptors (Lipinski definition) is 2. The van der Waals surface area contributed by atoms with Gasteiger partial charge < -0.3 is 5.32 Å². The van der Waals surface area contributed by atoms with E-state index in [0.29, 0.717) is 10.8 Å². The topological polar surface area (TPSA) is 12.0 Å². The molecule has 1 saturated carbocycles. The van der Waals surface area contributed by atoms with Crippen LogP contribution in [0.25, 0.3) is 0 Å². The van der Waals surface area contributed by atoms with Gasteiger partial charge in [-0.2, -0.15) is 11.8 Å². The predicted molar refractivity (Wildman–Crippen MR) is 82.7 cm³/mol. The number of benzene rings is 1. The van der Waals surface area contributed by atoms with E-state index in [0.717, 1.165) is 18.0 Å². The van der Waals surface area contributed by atoms with Crippen LogP contribution in [0.15, 0.2) is 24.3 Å². The van der Waals surface area contributed by atoms with Gasteiger partial charge in [-0.3, -0.25) is 0 Å². The van der Waals surface area contributed by atoms with Crippen molar-refractivity contribution in [2.75, 3.05) is 12.8 Å². The van der Waals surface area contributed by atoms with Crippen molar-refractivity contribution < 1.29 is 0 Å². The second-order valence-electron chi connectivity index (χ2n) is 5.36. The summed E-state index contributed by atoms with van der Waals surface area (Å²) < 4.78 is 0.516. The molecule has 0 heterocycles. The minimum absolute atomic E-state index is 0.507. The summed E-state index contributed by atoms with van der Waals surface area (Å²) in [6.07, 6.45) is 7.41. The largest absolute Gasteiger partial charge is 0.313 e. The summed E-state index contributed by atoms with van der Waals surface area (Å²) >= 11 is 8.03. The van der Waals surface area contributed by atoms with Crippen LogP contribution in [0.2, 0.25) is 5.02 Å². The first-order chi connectivity index (χ1) is 8.63. The Morgan fingerprint density at radius 3 is 2.78 bits per heavy atom. The molecule has 0 radical (unpaired) electrons.